The third kappa shape index (κ3) is 8.57. The molecular formula is C18H32Cl2. The van der Waals surface area contributed by atoms with Gasteiger partial charge in [-0.3, -0.25) is 0 Å². The van der Waals surface area contributed by atoms with Crippen LogP contribution in [0, 0.1) is 17.8 Å². The van der Waals surface area contributed by atoms with Gasteiger partial charge in [-0.15, -0.1) is 23.2 Å². The van der Waals surface area contributed by atoms with Gasteiger partial charge in [0.25, 0.3) is 0 Å². The molecule has 0 aromatic carbocycles. The molecule has 0 N–H and O–H groups in total. The molecule has 3 unspecified atom stereocenters. The van der Waals surface area contributed by atoms with Crippen molar-refractivity contribution in [3.05, 3.63) is 12.2 Å². The molecule has 2 aliphatic carbocycles. The highest BCUT2D eigenvalue weighted by Gasteiger charge is 2.25. The SMILES string of the molecule is C1=CC2CCC1C2.CCCCC(C)CCCCC(Cl)Cl. The summed E-state index contributed by atoms with van der Waals surface area (Å²) < 4.78 is 0. The van der Waals surface area contributed by atoms with Gasteiger partial charge in [0, 0.05) is 0 Å². The number of allylic oxidation sites excluding steroid dienone is 2. The number of alkyl halides is 2. The van der Waals surface area contributed by atoms with Crippen LogP contribution in [0.3, 0.4) is 0 Å². The fourth-order valence-corrected chi connectivity index (χ4v) is 3.51. The molecule has 2 rings (SSSR count). The van der Waals surface area contributed by atoms with E-state index in [0.717, 1.165) is 24.2 Å². The van der Waals surface area contributed by atoms with E-state index in [0.29, 0.717) is 0 Å². The van der Waals surface area contributed by atoms with Crippen molar-refractivity contribution in [1.29, 1.82) is 0 Å². The quantitative estimate of drug-likeness (QED) is 0.253. The van der Waals surface area contributed by atoms with Gasteiger partial charge in [0.05, 0.1) is 0 Å². The zero-order chi connectivity index (χ0) is 14.8. The number of hydrogen-bond acceptors (Lipinski definition) is 0. The number of rotatable bonds is 8. The summed E-state index contributed by atoms with van der Waals surface area (Å²) >= 11 is 11.3. The van der Waals surface area contributed by atoms with Crippen LogP contribution in [0.2, 0.25) is 0 Å². The van der Waals surface area contributed by atoms with E-state index in [2.05, 4.69) is 26.0 Å². The summed E-state index contributed by atoms with van der Waals surface area (Å²) in [5.74, 6) is 2.86. The van der Waals surface area contributed by atoms with Gasteiger partial charge in [-0.05, 0) is 43.4 Å². The maximum atomic E-state index is 5.64. The largest absolute Gasteiger partial charge is 0.107 e. The highest BCUT2D eigenvalue weighted by atomic mass is 35.5. The average Bonchev–Trinajstić information content (AvgIpc) is 3.07. The van der Waals surface area contributed by atoms with E-state index in [1.54, 1.807) is 0 Å². The molecule has 2 bridgehead atoms. The molecule has 1 saturated carbocycles. The van der Waals surface area contributed by atoms with E-state index in [-0.39, 0.29) is 4.84 Å². The van der Waals surface area contributed by atoms with Crippen molar-refractivity contribution in [2.45, 2.75) is 82.9 Å². The molecule has 0 nitrogen and oxygen atoms in total. The van der Waals surface area contributed by atoms with E-state index < -0.39 is 0 Å². The molecule has 0 spiro atoms. The van der Waals surface area contributed by atoms with Crippen molar-refractivity contribution in [1.82, 2.24) is 0 Å². The first-order valence-corrected chi connectivity index (χ1v) is 9.45. The molecule has 20 heavy (non-hydrogen) atoms. The Morgan fingerprint density at radius 3 is 1.90 bits per heavy atom. The van der Waals surface area contributed by atoms with Crippen LogP contribution in [0.1, 0.15) is 78.1 Å². The molecule has 1 fully saturated rings. The lowest BCUT2D eigenvalue weighted by Crippen LogP contribution is -1.95. The van der Waals surface area contributed by atoms with E-state index in [1.807, 2.05) is 0 Å². The zero-order valence-corrected chi connectivity index (χ0v) is 14.8. The molecular weight excluding hydrogens is 287 g/mol. The van der Waals surface area contributed by atoms with Crippen LogP contribution in [0.5, 0.6) is 0 Å². The van der Waals surface area contributed by atoms with Gasteiger partial charge in [0.1, 0.15) is 4.84 Å². The van der Waals surface area contributed by atoms with Crippen molar-refractivity contribution in [2.75, 3.05) is 0 Å². The van der Waals surface area contributed by atoms with Crippen molar-refractivity contribution in [2.24, 2.45) is 17.8 Å². The minimum Gasteiger partial charge on any atom is -0.105 e. The lowest BCUT2D eigenvalue weighted by Gasteiger charge is -2.10. The highest BCUT2D eigenvalue weighted by Crippen LogP contribution is 2.38. The topological polar surface area (TPSA) is 0 Å². The number of halogens is 2. The van der Waals surface area contributed by atoms with Crippen LogP contribution in [0.15, 0.2) is 12.2 Å². The number of unbranched alkanes of at least 4 members (excludes halogenated alkanes) is 2. The first-order chi connectivity index (χ1) is 9.61. The minimum absolute atomic E-state index is 0.161. The molecule has 0 heterocycles. The molecule has 0 amide bonds. The third-order valence-corrected chi connectivity index (χ3v) is 5.03. The fourth-order valence-electron chi connectivity index (χ4n) is 3.20. The van der Waals surface area contributed by atoms with Crippen molar-refractivity contribution < 1.29 is 0 Å². The van der Waals surface area contributed by atoms with Crippen LogP contribution in [0.4, 0.5) is 0 Å². The third-order valence-electron chi connectivity index (χ3n) is 4.59. The average molecular weight is 319 g/mol. The summed E-state index contributed by atoms with van der Waals surface area (Å²) in [6, 6.07) is 0. The summed E-state index contributed by atoms with van der Waals surface area (Å²) in [5, 5.41) is 0. The Hall–Kier alpha value is 0.320. The second kappa shape index (κ2) is 11.0. The van der Waals surface area contributed by atoms with Crippen LogP contribution in [0.25, 0.3) is 0 Å². The minimum atomic E-state index is -0.161. The van der Waals surface area contributed by atoms with Crippen LogP contribution < -0.4 is 0 Å². The normalized spacial score (nSPS) is 24.9. The van der Waals surface area contributed by atoms with Gasteiger partial charge in [-0.2, -0.15) is 0 Å². The van der Waals surface area contributed by atoms with Crippen molar-refractivity contribution in [3.8, 4) is 0 Å². The standard InChI is InChI=1S/C11H22Cl2.C7H10/c1-3-4-7-10(2)8-5-6-9-11(12)13;1-2-7-4-3-6(1)5-7/h10-11H,3-9H2,1-2H3;1-2,6-7H,3-5H2. The molecule has 0 aromatic heterocycles. The van der Waals surface area contributed by atoms with E-state index in [9.17, 15) is 0 Å². The Morgan fingerprint density at radius 1 is 0.950 bits per heavy atom. The summed E-state index contributed by atoms with van der Waals surface area (Å²) in [4.78, 5) is -0.161. The van der Waals surface area contributed by atoms with E-state index >= 15 is 0 Å². The molecule has 0 saturated heterocycles. The molecule has 2 aliphatic rings. The van der Waals surface area contributed by atoms with Gasteiger partial charge in [0.15, 0.2) is 0 Å². The highest BCUT2D eigenvalue weighted by molar-refractivity contribution is 6.44. The van der Waals surface area contributed by atoms with Crippen LogP contribution in [-0.2, 0) is 0 Å². The van der Waals surface area contributed by atoms with Gasteiger partial charge in [-0.25, -0.2) is 0 Å². The van der Waals surface area contributed by atoms with Crippen molar-refractivity contribution >= 4 is 23.2 Å². The molecule has 0 aliphatic heterocycles. The monoisotopic (exact) mass is 318 g/mol. The van der Waals surface area contributed by atoms with Crippen molar-refractivity contribution in [3.63, 3.8) is 0 Å². The Balaban J connectivity index is 0.000000233. The summed E-state index contributed by atoms with van der Waals surface area (Å²) in [5.41, 5.74) is 0. The predicted octanol–water partition coefficient (Wildman–Crippen LogP) is 7.15. The molecule has 2 heteroatoms. The summed E-state index contributed by atoms with van der Waals surface area (Å²) in [6.07, 6.45) is 18.0. The lowest BCUT2D eigenvalue weighted by molar-refractivity contribution is 0.447. The maximum Gasteiger partial charge on any atom is 0.107 e. The van der Waals surface area contributed by atoms with Gasteiger partial charge in [-0.1, -0.05) is 64.5 Å². The number of fused-ring (bicyclic) bond motifs is 2. The first kappa shape index (κ1) is 18.4. The smallest absolute Gasteiger partial charge is 0.105 e. The maximum absolute atomic E-state index is 5.64. The van der Waals surface area contributed by atoms with Crippen LogP contribution >= 0.6 is 23.2 Å². The second-order valence-corrected chi connectivity index (χ2v) is 7.92. The summed E-state index contributed by atoms with van der Waals surface area (Å²) in [7, 11) is 0. The number of hydrogen-bond donors (Lipinski definition) is 0. The Labute approximate surface area is 136 Å². The Morgan fingerprint density at radius 2 is 1.50 bits per heavy atom. The fraction of sp³-hybridized carbons (Fsp3) is 0.889. The molecule has 3 atom stereocenters. The second-order valence-electron chi connectivity index (χ2n) is 6.64. The zero-order valence-electron chi connectivity index (χ0n) is 13.3. The molecule has 0 aromatic rings. The first-order valence-electron chi connectivity index (χ1n) is 8.58. The van der Waals surface area contributed by atoms with Gasteiger partial charge in [0.2, 0.25) is 0 Å². The van der Waals surface area contributed by atoms with Gasteiger partial charge >= 0.3 is 0 Å². The molecule has 118 valence electrons. The van der Waals surface area contributed by atoms with E-state index in [1.165, 1.54) is 57.8 Å². The Bertz CT molecular complexity index is 248. The van der Waals surface area contributed by atoms with Gasteiger partial charge < -0.3 is 0 Å². The summed E-state index contributed by atoms with van der Waals surface area (Å²) in [6.45, 7) is 4.59. The molecule has 0 radical (unpaired) electrons. The van der Waals surface area contributed by atoms with E-state index in [4.69, 9.17) is 23.2 Å². The predicted molar refractivity (Wildman–Crippen MR) is 92.6 cm³/mol. The Kier molecular flexibility index (Phi) is 10.1. The van der Waals surface area contributed by atoms with Crippen LogP contribution in [-0.4, -0.2) is 4.84 Å². The lowest BCUT2D eigenvalue weighted by atomic mass is 9.98.